The van der Waals surface area contributed by atoms with Crippen molar-refractivity contribution in [3.8, 4) is 5.69 Å². The average molecular weight is 306 g/mol. The Morgan fingerprint density at radius 1 is 1.13 bits per heavy atom. The fourth-order valence-corrected chi connectivity index (χ4v) is 2.28. The Bertz CT molecular complexity index is 701. The van der Waals surface area contributed by atoms with Gasteiger partial charge >= 0.3 is 0 Å². The molecule has 2 rings (SSSR count). The highest BCUT2D eigenvalue weighted by molar-refractivity contribution is 5.69. The highest BCUT2D eigenvalue weighted by atomic mass is 15.1. The van der Waals surface area contributed by atoms with Crippen LogP contribution in [-0.2, 0) is 0 Å². The lowest BCUT2D eigenvalue weighted by Gasteiger charge is -2.10. The van der Waals surface area contributed by atoms with E-state index < -0.39 is 0 Å². The van der Waals surface area contributed by atoms with Crippen LogP contribution in [0.1, 0.15) is 44.9 Å². The number of imidazole rings is 1. The van der Waals surface area contributed by atoms with E-state index in [1.165, 1.54) is 0 Å². The maximum atomic E-state index is 4.75. The first kappa shape index (κ1) is 18.4. The van der Waals surface area contributed by atoms with E-state index in [1.54, 1.807) is 6.08 Å². The average Bonchev–Trinajstić information content (AvgIpc) is 2.96. The highest BCUT2D eigenvalue weighted by Crippen LogP contribution is 2.25. The Hall–Kier alpha value is -2.61. The predicted octanol–water partition coefficient (Wildman–Crippen LogP) is 6.16. The molecule has 0 fully saturated rings. The second kappa shape index (κ2) is 9.42. The quantitative estimate of drug-likeness (QED) is 0.604. The Labute approximate surface area is 140 Å². The summed E-state index contributed by atoms with van der Waals surface area (Å²) in [4.78, 5) is 4.75. The summed E-state index contributed by atoms with van der Waals surface area (Å²) in [5, 5.41) is 0. The number of rotatable bonds is 5. The molecule has 1 aromatic carbocycles. The monoisotopic (exact) mass is 306 g/mol. The Morgan fingerprint density at radius 3 is 2.30 bits per heavy atom. The van der Waals surface area contributed by atoms with Gasteiger partial charge in [0.15, 0.2) is 0 Å². The van der Waals surface area contributed by atoms with Crippen molar-refractivity contribution in [2.75, 3.05) is 0 Å². The highest BCUT2D eigenvalue weighted by Gasteiger charge is 2.15. The van der Waals surface area contributed by atoms with E-state index in [9.17, 15) is 0 Å². The lowest BCUT2D eigenvalue weighted by atomic mass is 10.2. The van der Waals surface area contributed by atoms with Gasteiger partial charge in [0.25, 0.3) is 0 Å². The zero-order valence-corrected chi connectivity index (χ0v) is 14.6. The van der Waals surface area contributed by atoms with E-state index in [-0.39, 0.29) is 0 Å². The number of hydrogen-bond acceptors (Lipinski definition) is 1. The molecule has 120 valence electrons. The molecule has 0 aliphatic carbocycles. The van der Waals surface area contributed by atoms with E-state index in [2.05, 4.69) is 29.9 Å². The van der Waals surface area contributed by atoms with Crippen LogP contribution < -0.4 is 0 Å². The second-order valence-electron chi connectivity index (χ2n) is 4.67. The van der Waals surface area contributed by atoms with E-state index in [0.717, 1.165) is 28.5 Å². The van der Waals surface area contributed by atoms with Crippen LogP contribution in [0.4, 0.5) is 0 Å². The number of benzene rings is 1. The minimum Gasteiger partial charge on any atom is -0.293 e. The Kier molecular flexibility index (Phi) is 7.55. The normalized spacial score (nSPS) is 11.0. The SMILES string of the molecule is C=C/C=C(\C)c1nc(/C=C\C)c(C=C)n1-c1ccccc1.CC. The van der Waals surface area contributed by atoms with Crippen LogP contribution in [0.25, 0.3) is 23.4 Å². The van der Waals surface area contributed by atoms with Crippen LogP contribution in [-0.4, -0.2) is 9.55 Å². The number of nitrogens with zero attached hydrogens (tertiary/aromatic N) is 2. The minimum absolute atomic E-state index is 0.907. The third kappa shape index (κ3) is 4.19. The molecule has 2 aromatic rings. The molecule has 0 aliphatic rings. The number of aromatic nitrogens is 2. The van der Waals surface area contributed by atoms with Gasteiger partial charge in [-0.15, -0.1) is 0 Å². The van der Waals surface area contributed by atoms with Crippen molar-refractivity contribution < 1.29 is 0 Å². The maximum Gasteiger partial charge on any atom is 0.141 e. The summed E-state index contributed by atoms with van der Waals surface area (Å²) in [7, 11) is 0. The summed E-state index contributed by atoms with van der Waals surface area (Å²) >= 11 is 0. The topological polar surface area (TPSA) is 17.8 Å². The van der Waals surface area contributed by atoms with Crippen molar-refractivity contribution in [1.29, 1.82) is 0 Å². The van der Waals surface area contributed by atoms with Gasteiger partial charge in [0.05, 0.1) is 11.4 Å². The van der Waals surface area contributed by atoms with Gasteiger partial charge in [0.1, 0.15) is 5.82 Å². The molecule has 0 N–H and O–H groups in total. The lowest BCUT2D eigenvalue weighted by molar-refractivity contribution is 1.01. The van der Waals surface area contributed by atoms with Crippen LogP contribution in [0.5, 0.6) is 0 Å². The first-order valence-corrected chi connectivity index (χ1v) is 7.96. The molecule has 0 radical (unpaired) electrons. The van der Waals surface area contributed by atoms with Gasteiger partial charge in [-0.1, -0.05) is 63.4 Å². The number of hydrogen-bond donors (Lipinski definition) is 0. The van der Waals surface area contributed by atoms with Crippen molar-refractivity contribution in [1.82, 2.24) is 9.55 Å². The zero-order chi connectivity index (χ0) is 17.2. The summed E-state index contributed by atoms with van der Waals surface area (Å²) in [6.45, 7) is 15.7. The van der Waals surface area contributed by atoms with Gasteiger partial charge in [-0.3, -0.25) is 4.57 Å². The van der Waals surface area contributed by atoms with E-state index in [1.807, 2.05) is 70.2 Å². The van der Waals surface area contributed by atoms with Gasteiger partial charge in [0, 0.05) is 5.69 Å². The van der Waals surface area contributed by atoms with Gasteiger partial charge in [-0.2, -0.15) is 0 Å². The van der Waals surface area contributed by atoms with Crippen molar-refractivity contribution in [2.45, 2.75) is 27.7 Å². The summed E-state index contributed by atoms with van der Waals surface area (Å²) in [5.41, 5.74) is 4.05. The summed E-state index contributed by atoms with van der Waals surface area (Å²) in [6, 6.07) is 10.2. The fraction of sp³-hybridized carbons (Fsp3) is 0.190. The molecule has 23 heavy (non-hydrogen) atoms. The molecule has 0 aliphatic heterocycles. The van der Waals surface area contributed by atoms with E-state index >= 15 is 0 Å². The standard InChI is InChI=1S/C19H20N2.C2H6/c1-5-11-15(4)19-20-17(12-6-2)18(7-3)21(19)16-13-9-8-10-14-16;1-2/h5-14H,1,3H2,2,4H3;1-2H3/b12-6-,15-11+;. The molecular weight excluding hydrogens is 280 g/mol. The smallest absolute Gasteiger partial charge is 0.141 e. The molecule has 0 amide bonds. The fourth-order valence-electron chi connectivity index (χ4n) is 2.28. The Balaban J connectivity index is 0.00000127. The Morgan fingerprint density at radius 2 is 1.78 bits per heavy atom. The van der Waals surface area contributed by atoms with Crippen LogP contribution in [0.15, 0.2) is 61.7 Å². The first-order chi connectivity index (χ1) is 11.2. The molecule has 0 saturated heterocycles. The minimum atomic E-state index is 0.907. The van der Waals surface area contributed by atoms with Gasteiger partial charge in [0.2, 0.25) is 0 Å². The van der Waals surface area contributed by atoms with E-state index in [0.29, 0.717) is 0 Å². The molecular formula is C21H26N2. The van der Waals surface area contributed by atoms with Crippen LogP contribution >= 0.6 is 0 Å². The van der Waals surface area contributed by atoms with Crippen molar-refractivity contribution >= 4 is 17.7 Å². The largest absolute Gasteiger partial charge is 0.293 e. The molecule has 2 heteroatoms. The molecule has 0 atom stereocenters. The molecule has 0 bridgehead atoms. The third-order valence-electron chi connectivity index (χ3n) is 3.19. The second-order valence-corrected chi connectivity index (χ2v) is 4.67. The first-order valence-electron chi connectivity index (χ1n) is 7.96. The van der Waals surface area contributed by atoms with Gasteiger partial charge in [-0.05, 0) is 43.7 Å². The van der Waals surface area contributed by atoms with E-state index in [4.69, 9.17) is 4.98 Å². The zero-order valence-electron chi connectivity index (χ0n) is 14.6. The number of allylic oxidation sites excluding steroid dienone is 4. The van der Waals surface area contributed by atoms with Crippen LogP contribution in [0.2, 0.25) is 0 Å². The van der Waals surface area contributed by atoms with Crippen LogP contribution in [0.3, 0.4) is 0 Å². The third-order valence-corrected chi connectivity index (χ3v) is 3.19. The summed E-state index contributed by atoms with van der Waals surface area (Å²) in [6.07, 6.45) is 9.58. The number of para-hydroxylation sites is 1. The summed E-state index contributed by atoms with van der Waals surface area (Å²) < 4.78 is 2.12. The van der Waals surface area contributed by atoms with Gasteiger partial charge in [-0.25, -0.2) is 4.98 Å². The molecule has 0 saturated carbocycles. The van der Waals surface area contributed by atoms with Crippen molar-refractivity contribution in [2.24, 2.45) is 0 Å². The molecule has 0 unspecified atom stereocenters. The van der Waals surface area contributed by atoms with Gasteiger partial charge < -0.3 is 0 Å². The molecule has 1 heterocycles. The van der Waals surface area contributed by atoms with Crippen molar-refractivity contribution in [3.63, 3.8) is 0 Å². The molecule has 0 spiro atoms. The lowest BCUT2D eigenvalue weighted by Crippen LogP contribution is -2.01. The maximum absolute atomic E-state index is 4.75. The van der Waals surface area contributed by atoms with Crippen molar-refractivity contribution in [3.05, 3.63) is 78.9 Å². The molecule has 2 nitrogen and oxygen atoms in total. The summed E-state index contributed by atoms with van der Waals surface area (Å²) in [5.74, 6) is 0.907. The molecule has 1 aromatic heterocycles. The predicted molar refractivity (Wildman–Crippen MR) is 104 cm³/mol. The van der Waals surface area contributed by atoms with Crippen LogP contribution in [0, 0.1) is 0 Å².